The van der Waals surface area contributed by atoms with Crippen LogP contribution in [-0.2, 0) is 34.6 Å². The normalized spacial score (nSPS) is 13.9. The summed E-state index contributed by atoms with van der Waals surface area (Å²) in [6.45, 7) is 3.93. The number of aromatic nitrogens is 2. The highest BCUT2D eigenvalue weighted by Gasteiger charge is 2.43. The van der Waals surface area contributed by atoms with E-state index >= 15 is 0 Å². The maximum Gasteiger partial charge on any atom is 0.327 e. The average Bonchev–Trinajstić information content (AvgIpc) is 3.28. The summed E-state index contributed by atoms with van der Waals surface area (Å²) in [7, 11) is 0. The first kappa shape index (κ1) is 22.1. The molecule has 0 amide bonds. The van der Waals surface area contributed by atoms with Gasteiger partial charge in [0.25, 0.3) is 0 Å². The lowest BCUT2D eigenvalue weighted by molar-refractivity contribution is -0.144. The highest BCUT2D eigenvalue weighted by molar-refractivity contribution is 5.69. The molecule has 1 aliphatic heterocycles. The first-order chi connectivity index (χ1) is 16.7. The third-order valence-corrected chi connectivity index (χ3v) is 6.65. The molecule has 1 aliphatic rings. The molecule has 0 radical (unpaired) electrons. The summed E-state index contributed by atoms with van der Waals surface area (Å²) < 4.78 is 6.95. The Hall–Kier alpha value is -3.70. The second kappa shape index (κ2) is 9.65. The number of rotatable bonds is 7. The van der Waals surface area contributed by atoms with Crippen molar-refractivity contribution in [1.82, 2.24) is 14.7 Å². The Bertz CT molecular complexity index is 1140. The summed E-state index contributed by atoms with van der Waals surface area (Å²) in [5.74, 6) is -0.247. The third kappa shape index (κ3) is 3.93. The Labute approximate surface area is 200 Å². The molecule has 4 aromatic rings. The van der Waals surface area contributed by atoms with E-state index in [1.165, 1.54) is 16.7 Å². The van der Waals surface area contributed by atoms with Crippen LogP contribution in [0.4, 0.5) is 0 Å². The van der Waals surface area contributed by atoms with Crippen LogP contribution in [0, 0.1) is 0 Å². The summed E-state index contributed by atoms with van der Waals surface area (Å²) in [4.78, 5) is 14.6. The molecule has 0 N–H and O–H groups in total. The van der Waals surface area contributed by atoms with Crippen molar-refractivity contribution in [1.29, 1.82) is 0 Å². The second-order valence-corrected chi connectivity index (χ2v) is 8.56. The van der Waals surface area contributed by atoms with Crippen LogP contribution in [0.5, 0.6) is 0 Å². The third-order valence-electron chi connectivity index (χ3n) is 6.65. The Balaban J connectivity index is 1.62. The number of hydrogen-bond donors (Lipinski definition) is 0. The minimum absolute atomic E-state index is 0.157. The van der Waals surface area contributed by atoms with Gasteiger partial charge < -0.3 is 4.74 Å². The number of nitrogens with zero attached hydrogens (tertiary/aromatic N) is 3. The van der Waals surface area contributed by atoms with Gasteiger partial charge in [0.2, 0.25) is 0 Å². The van der Waals surface area contributed by atoms with E-state index in [2.05, 4.69) is 101 Å². The van der Waals surface area contributed by atoms with E-state index in [1.807, 2.05) is 13.1 Å². The van der Waals surface area contributed by atoms with Gasteiger partial charge in [-0.15, -0.1) is 0 Å². The van der Waals surface area contributed by atoms with Gasteiger partial charge >= 0.3 is 5.97 Å². The number of carbonyl (C=O) groups excluding carboxylic acids is 1. The summed E-state index contributed by atoms with van der Waals surface area (Å²) in [6.07, 6.45) is 2.72. The molecule has 0 unspecified atom stereocenters. The van der Waals surface area contributed by atoms with Crippen LogP contribution < -0.4 is 0 Å². The molecule has 0 aliphatic carbocycles. The van der Waals surface area contributed by atoms with Gasteiger partial charge in [-0.25, -0.2) is 0 Å². The molecular weight excluding hydrogens is 422 g/mol. The minimum atomic E-state index is -0.454. The first-order valence-corrected chi connectivity index (χ1v) is 11.8. The van der Waals surface area contributed by atoms with Crippen LogP contribution in [0.2, 0.25) is 0 Å². The van der Waals surface area contributed by atoms with E-state index < -0.39 is 5.54 Å². The lowest BCUT2D eigenvalue weighted by atomic mass is 9.74. The van der Waals surface area contributed by atoms with Crippen LogP contribution >= 0.6 is 0 Å². The van der Waals surface area contributed by atoms with E-state index in [-0.39, 0.29) is 12.5 Å². The van der Waals surface area contributed by atoms with Crippen LogP contribution in [0.25, 0.3) is 0 Å². The zero-order valence-corrected chi connectivity index (χ0v) is 19.4. The number of hydrogen-bond acceptors (Lipinski definition) is 4. The molecule has 0 saturated carbocycles. The van der Waals surface area contributed by atoms with Gasteiger partial charge in [-0.1, -0.05) is 91.0 Å². The fourth-order valence-electron chi connectivity index (χ4n) is 5.23. The number of carbonyl (C=O) groups is 1. The molecule has 2 heterocycles. The molecule has 34 heavy (non-hydrogen) atoms. The largest absolute Gasteiger partial charge is 0.465 e. The van der Waals surface area contributed by atoms with Crippen molar-refractivity contribution in [3.8, 4) is 0 Å². The molecule has 1 aromatic heterocycles. The van der Waals surface area contributed by atoms with Gasteiger partial charge in [0.05, 0.1) is 18.3 Å². The van der Waals surface area contributed by atoms with Crippen molar-refractivity contribution in [2.24, 2.45) is 0 Å². The van der Waals surface area contributed by atoms with E-state index in [9.17, 15) is 4.79 Å². The minimum Gasteiger partial charge on any atom is -0.465 e. The van der Waals surface area contributed by atoms with Gasteiger partial charge in [0.1, 0.15) is 6.54 Å². The molecule has 172 valence electrons. The van der Waals surface area contributed by atoms with Crippen LogP contribution in [0.15, 0.2) is 97.2 Å². The predicted octanol–water partition coefficient (Wildman–Crippen LogP) is 4.80. The molecular formula is C29H29N3O2. The Morgan fingerprint density at radius 3 is 1.91 bits per heavy atom. The molecule has 3 aromatic carbocycles. The molecule has 0 saturated heterocycles. The molecule has 5 heteroatoms. The Morgan fingerprint density at radius 1 is 0.882 bits per heavy atom. The summed E-state index contributed by atoms with van der Waals surface area (Å²) in [5, 5.41) is 4.54. The standard InChI is InChI=1S/C29H29N3O2/c1-2-34-28(33)22-32-27-18-19-31(21-23(27)20-30-32)29(24-12-6-3-7-13-24,25-14-8-4-9-15-25)26-16-10-5-11-17-26/h3-17,20H,2,18-19,21-22H2,1H3. The zero-order chi connectivity index (χ0) is 23.4. The maximum absolute atomic E-state index is 12.1. The van der Waals surface area contributed by atoms with Gasteiger partial charge in [-0.2, -0.15) is 5.10 Å². The highest BCUT2D eigenvalue weighted by Crippen LogP contribution is 2.44. The van der Waals surface area contributed by atoms with Gasteiger partial charge in [0.15, 0.2) is 0 Å². The lowest BCUT2D eigenvalue weighted by Crippen LogP contribution is -2.50. The number of ether oxygens (including phenoxy) is 1. The molecule has 5 rings (SSSR count). The molecule has 0 bridgehead atoms. The van der Waals surface area contributed by atoms with E-state index in [0.29, 0.717) is 6.61 Å². The maximum atomic E-state index is 12.1. The van der Waals surface area contributed by atoms with E-state index in [4.69, 9.17) is 4.74 Å². The molecule has 5 nitrogen and oxygen atoms in total. The SMILES string of the molecule is CCOC(=O)Cn1ncc2c1CCN(C(c1ccccc1)(c1ccccc1)c1ccccc1)C2. The topological polar surface area (TPSA) is 47.4 Å². The monoisotopic (exact) mass is 451 g/mol. The Morgan fingerprint density at radius 2 is 1.41 bits per heavy atom. The van der Waals surface area contributed by atoms with E-state index in [0.717, 1.165) is 30.8 Å². The highest BCUT2D eigenvalue weighted by atomic mass is 16.5. The van der Waals surface area contributed by atoms with Crippen molar-refractivity contribution >= 4 is 5.97 Å². The number of esters is 1. The van der Waals surface area contributed by atoms with Crippen molar-refractivity contribution in [2.75, 3.05) is 13.2 Å². The van der Waals surface area contributed by atoms with Crippen molar-refractivity contribution in [2.45, 2.75) is 32.0 Å². The van der Waals surface area contributed by atoms with Crippen LogP contribution in [0.1, 0.15) is 34.9 Å². The molecule has 0 fully saturated rings. The average molecular weight is 452 g/mol. The van der Waals surface area contributed by atoms with Crippen molar-refractivity contribution in [3.05, 3.63) is 125 Å². The molecule has 0 spiro atoms. The summed E-state index contributed by atoms with van der Waals surface area (Å²) in [5.41, 5.74) is 5.51. The lowest BCUT2D eigenvalue weighted by Gasteiger charge is -2.47. The van der Waals surface area contributed by atoms with Gasteiger partial charge in [-0.05, 0) is 23.6 Å². The summed E-state index contributed by atoms with van der Waals surface area (Å²) >= 11 is 0. The van der Waals surface area contributed by atoms with Crippen LogP contribution in [0.3, 0.4) is 0 Å². The van der Waals surface area contributed by atoms with Crippen molar-refractivity contribution < 1.29 is 9.53 Å². The smallest absolute Gasteiger partial charge is 0.327 e. The first-order valence-electron chi connectivity index (χ1n) is 11.8. The quantitative estimate of drug-likeness (QED) is 0.299. The van der Waals surface area contributed by atoms with Gasteiger partial charge in [-0.3, -0.25) is 14.4 Å². The Kier molecular flexibility index (Phi) is 6.28. The molecule has 0 atom stereocenters. The van der Waals surface area contributed by atoms with Crippen molar-refractivity contribution in [3.63, 3.8) is 0 Å². The number of fused-ring (bicyclic) bond motifs is 1. The zero-order valence-electron chi connectivity index (χ0n) is 19.4. The van der Waals surface area contributed by atoms with Crippen LogP contribution in [-0.4, -0.2) is 33.8 Å². The van der Waals surface area contributed by atoms with Gasteiger partial charge in [0, 0.05) is 30.8 Å². The summed E-state index contributed by atoms with van der Waals surface area (Å²) in [6, 6.07) is 32.2. The fourth-order valence-corrected chi connectivity index (χ4v) is 5.23. The fraction of sp³-hybridized carbons (Fsp3) is 0.241. The van der Waals surface area contributed by atoms with E-state index in [1.54, 1.807) is 4.68 Å². The second-order valence-electron chi connectivity index (χ2n) is 8.56. The predicted molar refractivity (Wildman–Crippen MR) is 132 cm³/mol. The number of benzene rings is 3.